The van der Waals surface area contributed by atoms with Crippen molar-refractivity contribution in [3.63, 3.8) is 0 Å². The first-order valence-corrected chi connectivity index (χ1v) is 9.42. The molecule has 0 unspecified atom stereocenters. The predicted octanol–water partition coefficient (Wildman–Crippen LogP) is 2.29. The van der Waals surface area contributed by atoms with Gasteiger partial charge in [-0.1, -0.05) is 13.0 Å². The molecular weight excluding hydrogens is 344 g/mol. The van der Waals surface area contributed by atoms with Crippen molar-refractivity contribution < 1.29 is 14.6 Å². The second-order valence-electron chi connectivity index (χ2n) is 6.92. The Morgan fingerprint density at radius 3 is 2.74 bits per heavy atom. The highest BCUT2D eigenvalue weighted by molar-refractivity contribution is 5.95. The molecule has 7 nitrogen and oxygen atoms in total. The zero-order valence-corrected chi connectivity index (χ0v) is 15.7. The van der Waals surface area contributed by atoms with Gasteiger partial charge in [-0.3, -0.25) is 9.69 Å². The van der Waals surface area contributed by atoms with Crippen LogP contribution in [-0.2, 0) is 16.0 Å². The molecule has 3 heterocycles. The van der Waals surface area contributed by atoms with Crippen LogP contribution in [0.25, 0.3) is 11.3 Å². The molecule has 0 saturated carbocycles. The number of benzene rings is 1. The Balaban J connectivity index is 1.88. The number of ether oxygens (including phenoxy) is 1. The SMILES string of the molecule is CCC(=O)N1CCc2c(-c3cc(O)ccc3C)nc(N3CCOCC3)nc21. The first-order valence-electron chi connectivity index (χ1n) is 9.42. The summed E-state index contributed by atoms with van der Waals surface area (Å²) in [5.74, 6) is 1.59. The van der Waals surface area contributed by atoms with Crippen LogP contribution in [0.4, 0.5) is 11.8 Å². The van der Waals surface area contributed by atoms with E-state index in [1.807, 2.05) is 19.9 Å². The quantitative estimate of drug-likeness (QED) is 0.896. The van der Waals surface area contributed by atoms with E-state index in [1.54, 1.807) is 17.0 Å². The number of fused-ring (bicyclic) bond motifs is 1. The van der Waals surface area contributed by atoms with Crippen LogP contribution in [0.1, 0.15) is 24.5 Å². The van der Waals surface area contributed by atoms with Crippen LogP contribution >= 0.6 is 0 Å². The van der Waals surface area contributed by atoms with E-state index in [9.17, 15) is 9.90 Å². The van der Waals surface area contributed by atoms with Gasteiger partial charge in [0.25, 0.3) is 0 Å². The van der Waals surface area contributed by atoms with Crippen LogP contribution in [0.15, 0.2) is 18.2 Å². The first-order chi connectivity index (χ1) is 13.1. The summed E-state index contributed by atoms with van der Waals surface area (Å²) in [6.07, 6.45) is 1.16. The molecule has 4 rings (SSSR count). The average Bonchev–Trinajstić information content (AvgIpc) is 3.13. The Kier molecular flexibility index (Phi) is 4.70. The number of aryl methyl sites for hydroxylation is 1. The van der Waals surface area contributed by atoms with Crippen LogP contribution in [0.2, 0.25) is 0 Å². The maximum Gasteiger partial charge on any atom is 0.228 e. The number of phenols is 1. The molecule has 1 aromatic heterocycles. The minimum atomic E-state index is 0.0685. The van der Waals surface area contributed by atoms with Crippen LogP contribution in [0.5, 0.6) is 5.75 Å². The molecule has 0 atom stereocenters. The van der Waals surface area contributed by atoms with Gasteiger partial charge in [0.05, 0.1) is 18.9 Å². The van der Waals surface area contributed by atoms with Crippen molar-refractivity contribution >= 4 is 17.7 Å². The topological polar surface area (TPSA) is 78.8 Å². The van der Waals surface area contributed by atoms with Gasteiger partial charge < -0.3 is 14.7 Å². The van der Waals surface area contributed by atoms with Gasteiger partial charge in [0.2, 0.25) is 11.9 Å². The van der Waals surface area contributed by atoms with Crippen molar-refractivity contribution in [2.24, 2.45) is 0 Å². The first kappa shape index (κ1) is 17.7. The summed E-state index contributed by atoms with van der Waals surface area (Å²) in [6, 6.07) is 5.30. The molecule has 2 aliphatic rings. The third kappa shape index (κ3) is 3.23. The molecular formula is C20H24N4O3. The number of nitrogens with zero attached hydrogens (tertiary/aromatic N) is 4. The van der Waals surface area contributed by atoms with Crippen LogP contribution in [0.3, 0.4) is 0 Å². The zero-order chi connectivity index (χ0) is 19.0. The third-order valence-corrected chi connectivity index (χ3v) is 5.19. The molecule has 0 spiro atoms. The van der Waals surface area contributed by atoms with E-state index in [0.29, 0.717) is 37.9 Å². The van der Waals surface area contributed by atoms with Crippen LogP contribution in [0, 0.1) is 6.92 Å². The highest BCUT2D eigenvalue weighted by atomic mass is 16.5. The lowest BCUT2D eigenvalue weighted by Gasteiger charge is -2.28. The third-order valence-electron chi connectivity index (χ3n) is 5.19. The van der Waals surface area contributed by atoms with E-state index in [-0.39, 0.29) is 11.7 Å². The highest BCUT2D eigenvalue weighted by Crippen LogP contribution is 2.38. The molecule has 0 aliphatic carbocycles. The second-order valence-corrected chi connectivity index (χ2v) is 6.92. The summed E-state index contributed by atoms with van der Waals surface area (Å²) in [5.41, 5.74) is 3.69. The summed E-state index contributed by atoms with van der Waals surface area (Å²) < 4.78 is 5.45. The van der Waals surface area contributed by atoms with Crippen LogP contribution < -0.4 is 9.80 Å². The number of anilines is 2. The summed E-state index contributed by atoms with van der Waals surface area (Å²) in [7, 11) is 0. The number of morpholine rings is 1. The van der Waals surface area contributed by atoms with Crippen molar-refractivity contribution in [2.45, 2.75) is 26.7 Å². The Labute approximate surface area is 158 Å². The van der Waals surface area contributed by atoms with E-state index < -0.39 is 0 Å². The minimum absolute atomic E-state index is 0.0685. The van der Waals surface area contributed by atoms with E-state index in [0.717, 1.165) is 41.9 Å². The molecule has 7 heteroatoms. The molecule has 27 heavy (non-hydrogen) atoms. The number of hydrogen-bond acceptors (Lipinski definition) is 6. The van der Waals surface area contributed by atoms with Gasteiger partial charge in [0.15, 0.2) is 0 Å². The number of aromatic nitrogens is 2. The smallest absolute Gasteiger partial charge is 0.228 e. The molecule has 1 N–H and O–H groups in total. The molecule has 1 aromatic carbocycles. The summed E-state index contributed by atoms with van der Waals surface area (Å²) >= 11 is 0. The predicted molar refractivity (Wildman–Crippen MR) is 103 cm³/mol. The summed E-state index contributed by atoms with van der Waals surface area (Å²) in [5, 5.41) is 10.0. The fourth-order valence-corrected chi connectivity index (χ4v) is 3.67. The van der Waals surface area contributed by atoms with Gasteiger partial charge in [-0.05, 0) is 31.0 Å². The number of rotatable bonds is 3. The van der Waals surface area contributed by atoms with Crippen LogP contribution in [-0.4, -0.2) is 53.8 Å². The standard InChI is InChI=1S/C20H24N4O3/c1-3-17(26)24-7-6-15-18(16-12-14(25)5-4-13(16)2)21-20(22-19(15)24)23-8-10-27-11-9-23/h4-5,12,25H,3,6-11H2,1-2H3. The lowest BCUT2D eigenvalue weighted by molar-refractivity contribution is -0.118. The molecule has 2 aliphatic heterocycles. The van der Waals surface area contributed by atoms with E-state index in [4.69, 9.17) is 14.7 Å². The Bertz CT molecular complexity index is 878. The Morgan fingerprint density at radius 2 is 2.00 bits per heavy atom. The normalized spacial score (nSPS) is 16.5. The zero-order valence-electron chi connectivity index (χ0n) is 15.7. The van der Waals surface area contributed by atoms with Gasteiger partial charge in [0, 0.05) is 37.2 Å². The lowest BCUT2D eigenvalue weighted by Crippen LogP contribution is -2.38. The van der Waals surface area contributed by atoms with E-state index in [1.165, 1.54) is 0 Å². The maximum absolute atomic E-state index is 12.4. The molecule has 142 valence electrons. The van der Waals surface area contributed by atoms with Gasteiger partial charge in [0.1, 0.15) is 11.6 Å². The maximum atomic E-state index is 12.4. The lowest BCUT2D eigenvalue weighted by atomic mass is 10.0. The second kappa shape index (κ2) is 7.15. The van der Waals surface area contributed by atoms with Gasteiger partial charge in [-0.2, -0.15) is 4.98 Å². The highest BCUT2D eigenvalue weighted by Gasteiger charge is 2.31. The van der Waals surface area contributed by atoms with Crippen molar-refractivity contribution in [3.8, 4) is 17.0 Å². The van der Waals surface area contributed by atoms with Gasteiger partial charge in [-0.15, -0.1) is 0 Å². The molecule has 1 fully saturated rings. The van der Waals surface area contributed by atoms with Crippen molar-refractivity contribution in [2.75, 3.05) is 42.6 Å². The number of carbonyl (C=O) groups is 1. The number of hydrogen-bond donors (Lipinski definition) is 1. The van der Waals surface area contributed by atoms with E-state index >= 15 is 0 Å². The fourth-order valence-electron chi connectivity index (χ4n) is 3.67. The largest absolute Gasteiger partial charge is 0.508 e. The molecule has 2 aromatic rings. The van der Waals surface area contributed by atoms with E-state index in [2.05, 4.69) is 4.90 Å². The number of carbonyl (C=O) groups excluding carboxylic acids is 1. The average molecular weight is 368 g/mol. The Hall–Kier alpha value is -2.67. The molecule has 1 saturated heterocycles. The number of aromatic hydroxyl groups is 1. The van der Waals surface area contributed by atoms with Gasteiger partial charge >= 0.3 is 0 Å². The summed E-state index contributed by atoms with van der Waals surface area (Å²) in [6.45, 7) is 7.20. The van der Waals surface area contributed by atoms with Crippen molar-refractivity contribution in [1.82, 2.24) is 9.97 Å². The number of amides is 1. The van der Waals surface area contributed by atoms with Crippen molar-refractivity contribution in [1.29, 1.82) is 0 Å². The summed E-state index contributed by atoms with van der Waals surface area (Å²) in [4.78, 5) is 25.9. The van der Waals surface area contributed by atoms with Crippen molar-refractivity contribution in [3.05, 3.63) is 29.3 Å². The molecule has 0 radical (unpaired) electrons. The minimum Gasteiger partial charge on any atom is -0.508 e. The molecule has 1 amide bonds. The fraction of sp³-hybridized carbons (Fsp3) is 0.450. The Morgan fingerprint density at radius 1 is 1.22 bits per heavy atom. The molecule has 0 bridgehead atoms. The monoisotopic (exact) mass is 368 g/mol. The van der Waals surface area contributed by atoms with Gasteiger partial charge in [-0.25, -0.2) is 4.98 Å². The number of phenolic OH excluding ortho intramolecular Hbond substituents is 1.